The fraction of sp³-hybridized carbons (Fsp3) is 0.167. The summed E-state index contributed by atoms with van der Waals surface area (Å²) in [6.07, 6.45) is -8.30. The zero-order chi connectivity index (χ0) is 17.7. The van der Waals surface area contributed by atoms with E-state index in [0.29, 0.717) is 11.4 Å². The summed E-state index contributed by atoms with van der Waals surface area (Å²) in [7, 11) is 0. The van der Waals surface area contributed by atoms with Crippen LogP contribution < -0.4 is 4.90 Å². The molecule has 0 aliphatic heterocycles. The second-order valence-electron chi connectivity index (χ2n) is 5.18. The molecule has 0 radical (unpaired) electrons. The average molecular weight is 335 g/mol. The van der Waals surface area contributed by atoms with E-state index in [1.165, 1.54) is 4.90 Å². The molecule has 0 aliphatic rings. The van der Waals surface area contributed by atoms with Crippen LogP contribution in [0.25, 0.3) is 0 Å². The predicted molar refractivity (Wildman–Crippen MR) is 85.8 cm³/mol. The number of nitrogens with zero attached hydrogens (tertiary/aromatic N) is 1. The second-order valence-corrected chi connectivity index (χ2v) is 5.18. The lowest BCUT2D eigenvalue weighted by Gasteiger charge is -2.25. The zero-order valence-corrected chi connectivity index (χ0v) is 12.7. The van der Waals surface area contributed by atoms with Crippen LogP contribution in [0.15, 0.2) is 72.8 Å². The Bertz CT molecular complexity index is 660. The Labute approximate surface area is 137 Å². The van der Waals surface area contributed by atoms with E-state index in [1.54, 1.807) is 60.7 Å². The van der Waals surface area contributed by atoms with Crippen molar-refractivity contribution in [2.45, 2.75) is 18.7 Å². The Hall–Kier alpha value is -2.60. The molecule has 126 valence electrons. The van der Waals surface area contributed by atoms with Crippen molar-refractivity contribution >= 4 is 17.3 Å². The van der Waals surface area contributed by atoms with Crippen molar-refractivity contribution in [2.75, 3.05) is 4.90 Å². The second kappa shape index (κ2) is 7.31. The third kappa shape index (κ3) is 4.23. The Balaban J connectivity index is 2.31. The molecule has 0 fully saturated rings. The number of hydrogen-bond donors (Lipinski definition) is 1. The minimum absolute atomic E-state index is 0.326. The molecule has 6 heteroatoms. The summed E-state index contributed by atoms with van der Waals surface area (Å²) in [5.74, 6) is -0.698. The van der Waals surface area contributed by atoms with Crippen molar-refractivity contribution < 1.29 is 23.1 Å². The Morgan fingerprint density at radius 2 is 1.42 bits per heavy atom. The number of rotatable bonds is 5. The Kier molecular flexibility index (Phi) is 5.41. The van der Waals surface area contributed by atoms with Gasteiger partial charge >= 0.3 is 6.18 Å². The van der Waals surface area contributed by atoms with Gasteiger partial charge in [-0.3, -0.25) is 9.69 Å². The molecule has 2 aromatic rings. The van der Waals surface area contributed by atoms with Crippen LogP contribution in [-0.4, -0.2) is 23.3 Å². The van der Waals surface area contributed by atoms with Crippen molar-refractivity contribution in [2.24, 2.45) is 0 Å². The van der Waals surface area contributed by atoms with Gasteiger partial charge in [-0.05, 0) is 24.3 Å². The highest BCUT2D eigenvalue weighted by molar-refractivity contribution is 6.10. The highest BCUT2D eigenvalue weighted by Gasteiger charge is 2.39. The van der Waals surface area contributed by atoms with Gasteiger partial charge in [0.1, 0.15) is 0 Å². The number of hydrogen-bond acceptors (Lipinski definition) is 2. The summed E-state index contributed by atoms with van der Waals surface area (Å²) in [6.45, 7) is 3.43. The molecule has 1 N–H and O–H groups in total. The highest BCUT2D eigenvalue weighted by atomic mass is 19.4. The van der Waals surface area contributed by atoms with Gasteiger partial charge in [-0.2, -0.15) is 13.2 Å². The molecule has 1 unspecified atom stereocenters. The van der Waals surface area contributed by atoms with Gasteiger partial charge in [-0.1, -0.05) is 43.0 Å². The summed E-state index contributed by atoms with van der Waals surface area (Å²) in [6, 6.07) is 17.0. The minimum Gasteiger partial charge on any atom is -0.383 e. The average Bonchev–Trinajstić information content (AvgIpc) is 2.56. The van der Waals surface area contributed by atoms with Gasteiger partial charge in [0, 0.05) is 23.4 Å². The minimum atomic E-state index is -4.80. The van der Waals surface area contributed by atoms with E-state index in [9.17, 15) is 23.1 Å². The molecule has 0 heterocycles. The molecular weight excluding hydrogens is 319 g/mol. The van der Waals surface area contributed by atoms with Gasteiger partial charge < -0.3 is 5.11 Å². The smallest absolute Gasteiger partial charge is 0.383 e. The molecule has 0 bridgehead atoms. The number of carbonyl (C=O) groups is 1. The predicted octanol–water partition coefficient (Wildman–Crippen LogP) is 4.22. The third-order valence-electron chi connectivity index (χ3n) is 3.35. The van der Waals surface area contributed by atoms with E-state index in [-0.39, 0.29) is 5.57 Å². The summed E-state index contributed by atoms with van der Waals surface area (Å²) in [5, 5.41) is 9.17. The molecule has 1 amide bonds. The number of anilines is 2. The number of para-hydroxylation sites is 2. The number of aliphatic hydroxyl groups is 1. The van der Waals surface area contributed by atoms with Gasteiger partial charge in [0.2, 0.25) is 0 Å². The van der Waals surface area contributed by atoms with Gasteiger partial charge in [-0.25, -0.2) is 0 Å². The van der Waals surface area contributed by atoms with Crippen LogP contribution in [0.5, 0.6) is 0 Å². The lowest BCUT2D eigenvalue weighted by atomic mass is 10.1. The molecule has 1 atom stereocenters. The molecule has 24 heavy (non-hydrogen) atoms. The summed E-state index contributed by atoms with van der Waals surface area (Å²) in [5.41, 5.74) is 0.667. The fourth-order valence-corrected chi connectivity index (χ4v) is 2.13. The molecule has 0 spiro atoms. The van der Waals surface area contributed by atoms with Gasteiger partial charge in [0.15, 0.2) is 6.10 Å². The topological polar surface area (TPSA) is 40.5 Å². The first-order valence-corrected chi connectivity index (χ1v) is 7.18. The van der Waals surface area contributed by atoms with E-state index >= 15 is 0 Å². The number of amides is 1. The Morgan fingerprint density at radius 3 is 1.79 bits per heavy atom. The van der Waals surface area contributed by atoms with Crippen molar-refractivity contribution in [3.05, 3.63) is 72.8 Å². The van der Waals surface area contributed by atoms with E-state index < -0.39 is 24.6 Å². The number of aliphatic hydroxyl groups excluding tert-OH is 1. The maximum absolute atomic E-state index is 12.7. The van der Waals surface area contributed by atoms with Crippen LogP contribution in [0.1, 0.15) is 6.42 Å². The van der Waals surface area contributed by atoms with Crippen molar-refractivity contribution in [3.8, 4) is 0 Å². The number of alkyl halides is 3. The van der Waals surface area contributed by atoms with Crippen molar-refractivity contribution in [3.63, 3.8) is 0 Å². The van der Waals surface area contributed by atoms with E-state index in [1.807, 2.05) is 0 Å². The van der Waals surface area contributed by atoms with E-state index in [4.69, 9.17) is 0 Å². The number of halogens is 3. The van der Waals surface area contributed by atoms with Crippen molar-refractivity contribution in [1.29, 1.82) is 0 Å². The maximum Gasteiger partial charge on any atom is 0.414 e. The summed E-state index contributed by atoms with van der Waals surface area (Å²) in [4.78, 5) is 13.9. The first kappa shape index (κ1) is 17.7. The lowest BCUT2D eigenvalue weighted by Crippen LogP contribution is -2.33. The standard InChI is InChI=1S/C18H16F3NO2/c1-13(12-16(23)18(19,20)21)17(24)22(14-8-4-2-5-9-14)15-10-6-3-7-11-15/h2-11,16,23H,1,12H2. The van der Waals surface area contributed by atoms with Crippen LogP contribution in [0.3, 0.4) is 0 Å². The van der Waals surface area contributed by atoms with Crippen molar-refractivity contribution in [1.82, 2.24) is 0 Å². The molecule has 0 aromatic heterocycles. The van der Waals surface area contributed by atoms with Crippen LogP contribution in [0.4, 0.5) is 24.5 Å². The number of benzene rings is 2. The van der Waals surface area contributed by atoms with E-state index in [2.05, 4.69) is 6.58 Å². The molecular formula is C18H16F3NO2. The quantitative estimate of drug-likeness (QED) is 0.831. The summed E-state index contributed by atoms with van der Waals surface area (Å²) < 4.78 is 37.5. The van der Waals surface area contributed by atoms with Crippen LogP contribution >= 0.6 is 0 Å². The maximum atomic E-state index is 12.7. The molecule has 0 saturated carbocycles. The van der Waals surface area contributed by atoms with Gasteiger partial charge in [-0.15, -0.1) is 0 Å². The molecule has 2 rings (SSSR count). The zero-order valence-electron chi connectivity index (χ0n) is 12.7. The van der Waals surface area contributed by atoms with Crippen LogP contribution in [0.2, 0.25) is 0 Å². The fourth-order valence-electron chi connectivity index (χ4n) is 2.13. The molecule has 0 aliphatic carbocycles. The first-order valence-electron chi connectivity index (χ1n) is 7.18. The molecule has 2 aromatic carbocycles. The third-order valence-corrected chi connectivity index (χ3v) is 3.35. The monoisotopic (exact) mass is 335 g/mol. The normalized spacial score (nSPS) is 12.5. The van der Waals surface area contributed by atoms with Crippen LogP contribution in [-0.2, 0) is 4.79 Å². The van der Waals surface area contributed by atoms with Gasteiger partial charge in [0.05, 0.1) is 0 Å². The SMILES string of the molecule is C=C(CC(O)C(F)(F)F)C(=O)N(c1ccccc1)c1ccccc1. The van der Waals surface area contributed by atoms with Gasteiger partial charge in [0.25, 0.3) is 5.91 Å². The first-order chi connectivity index (χ1) is 11.3. The highest BCUT2D eigenvalue weighted by Crippen LogP contribution is 2.29. The Morgan fingerprint density at radius 1 is 1.00 bits per heavy atom. The van der Waals surface area contributed by atoms with Crippen LogP contribution in [0, 0.1) is 0 Å². The largest absolute Gasteiger partial charge is 0.414 e. The number of carbonyl (C=O) groups excluding carboxylic acids is 1. The summed E-state index contributed by atoms with van der Waals surface area (Å²) >= 11 is 0. The van der Waals surface area contributed by atoms with E-state index in [0.717, 1.165) is 0 Å². The lowest BCUT2D eigenvalue weighted by molar-refractivity contribution is -0.202. The molecule has 3 nitrogen and oxygen atoms in total. The molecule has 0 saturated heterocycles.